The van der Waals surface area contributed by atoms with Crippen LogP contribution in [0.1, 0.15) is 57.9 Å². The maximum Gasteiger partial charge on any atom is 0.326 e. The Hall–Kier alpha value is -3.51. The number of carboxylic acid groups (broad SMARTS) is 1. The van der Waals surface area contributed by atoms with Gasteiger partial charge in [0, 0.05) is 12.8 Å². The van der Waals surface area contributed by atoms with Gasteiger partial charge in [-0.15, -0.1) is 0 Å². The van der Waals surface area contributed by atoms with Gasteiger partial charge in [0.25, 0.3) is 0 Å². The number of unbranched alkanes of at least 4 members (excludes halogenated alkanes) is 1. The van der Waals surface area contributed by atoms with E-state index in [1.807, 2.05) is 13.0 Å². The Kier molecular flexibility index (Phi) is 14.6. The average Bonchev–Trinajstić information content (AvgIpc) is 2.89. The van der Waals surface area contributed by atoms with Crippen LogP contribution >= 0.6 is 0 Å². The molecule has 0 saturated carbocycles. The number of hydrogen-bond acceptors (Lipinski definition) is 7. The number of nitrogens with two attached hydrogens (primary N) is 3. The molecule has 0 fully saturated rings. The number of carbonyl (C=O) groups excluding carboxylic acids is 4. The molecule has 0 bridgehead atoms. The number of nitrogens with one attached hydrogen (secondary N) is 3. The van der Waals surface area contributed by atoms with Gasteiger partial charge in [-0.3, -0.25) is 19.2 Å². The summed E-state index contributed by atoms with van der Waals surface area (Å²) in [4.78, 5) is 61.9. The zero-order valence-corrected chi connectivity index (χ0v) is 22.2. The van der Waals surface area contributed by atoms with E-state index >= 15 is 0 Å². The number of hydrogen-bond donors (Lipinski definition) is 7. The topological polar surface area (TPSA) is 220 Å². The Morgan fingerprint density at radius 2 is 1.53 bits per heavy atom. The van der Waals surface area contributed by atoms with Crippen LogP contribution in [-0.2, 0) is 30.4 Å². The molecule has 12 nitrogen and oxygen atoms in total. The molecule has 0 radical (unpaired) electrons. The summed E-state index contributed by atoms with van der Waals surface area (Å²) in [5.41, 5.74) is 17.3. The van der Waals surface area contributed by atoms with Gasteiger partial charge < -0.3 is 38.3 Å². The van der Waals surface area contributed by atoms with Crippen LogP contribution in [0.15, 0.2) is 30.3 Å². The molecule has 5 unspecified atom stereocenters. The molecule has 0 aromatic heterocycles. The van der Waals surface area contributed by atoms with Crippen LogP contribution < -0.4 is 33.2 Å². The maximum atomic E-state index is 13.4. The molecular weight excluding hydrogens is 492 g/mol. The minimum absolute atomic E-state index is 0.0134. The second-order valence-corrected chi connectivity index (χ2v) is 9.42. The lowest BCUT2D eigenvalue weighted by Gasteiger charge is -2.28. The summed E-state index contributed by atoms with van der Waals surface area (Å²) in [5, 5.41) is 17.4. The molecule has 4 amide bonds. The van der Waals surface area contributed by atoms with E-state index in [1.54, 1.807) is 31.2 Å². The molecule has 212 valence electrons. The predicted octanol–water partition coefficient (Wildman–Crippen LogP) is -0.464. The highest BCUT2D eigenvalue weighted by Crippen LogP contribution is 2.12. The fourth-order valence-corrected chi connectivity index (χ4v) is 3.73. The van der Waals surface area contributed by atoms with Crippen LogP contribution in [0, 0.1) is 5.92 Å². The van der Waals surface area contributed by atoms with Crippen molar-refractivity contribution in [1.29, 1.82) is 0 Å². The van der Waals surface area contributed by atoms with Crippen LogP contribution in [0.25, 0.3) is 0 Å². The van der Waals surface area contributed by atoms with E-state index in [2.05, 4.69) is 16.0 Å². The van der Waals surface area contributed by atoms with Gasteiger partial charge in [-0.25, -0.2) is 4.79 Å². The first kappa shape index (κ1) is 32.5. The number of carboxylic acids is 1. The van der Waals surface area contributed by atoms with Crippen molar-refractivity contribution in [2.45, 2.75) is 83.0 Å². The van der Waals surface area contributed by atoms with Gasteiger partial charge in [0.15, 0.2) is 0 Å². The molecule has 1 aromatic carbocycles. The molecule has 1 rings (SSSR count). The summed E-state index contributed by atoms with van der Waals surface area (Å²) in [6.45, 7) is 4.01. The summed E-state index contributed by atoms with van der Waals surface area (Å²) < 4.78 is 0. The zero-order chi connectivity index (χ0) is 28.7. The Morgan fingerprint density at radius 3 is 2.08 bits per heavy atom. The highest BCUT2D eigenvalue weighted by atomic mass is 16.4. The van der Waals surface area contributed by atoms with Gasteiger partial charge >= 0.3 is 5.97 Å². The molecule has 12 heteroatoms. The molecule has 5 atom stereocenters. The lowest BCUT2D eigenvalue weighted by atomic mass is 9.96. The minimum Gasteiger partial charge on any atom is -0.480 e. The van der Waals surface area contributed by atoms with Crippen LogP contribution in [-0.4, -0.2) is 65.4 Å². The number of carbonyl (C=O) groups is 5. The molecule has 38 heavy (non-hydrogen) atoms. The third-order valence-electron chi connectivity index (χ3n) is 6.31. The van der Waals surface area contributed by atoms with Crippen molar-refractivity contribution < 1.29 is 29.1 Å². The van der Waals surface area contributed by atoms with Crippen molar-refractivity contribution >= 4 is 29.6 Å². The molecule has 0 heterocycles. The lowest BCUT2D eigenvalue weighted by molar-refractivity contribution is -0.143. The second-order valence-electron chi connectivity index (χ2n) is 9.42. The van der Waals surface area contributed by atoms with Crippen LogP contribution in [0.4, 0.5) is 0 Å². The number of benzene rings is 1. The van der Waals surface area contributed by atoms with E-state index in [-0.39, 0.29) is 31.6 Å². The zero-order valence-electron chi connectivity index (χ0n) is 22.2. The van der Waals surface area contributed by atoms with Crippen LogP contribution in [0.3, 0.4) is 0 Å². The Morgan fingerprint density at radius 1 is 0.895 bits per heavy atom. The Labute approximate surface area is 223 Å². The Balaban J connectivity index is 3.08. The van der Waals surface area contributed by atoms with Gasteiger partial charge in [-0.05, 0) is 43.7 Å². The van der Waals surface area contributed by atoms with Gasteiger partial charge in [-0.1, -0.05) is 50.6 Å². The summed E-state index contributed by atoms with van der Waals surface area (Å²) in [6.07, 6.45) is 1.91. The Bertz CT molecular complexity index is 928. The largest absolute Gasteiger partial charge is 0.480 e. The van der Waals surface area contributed by atoms with Crippen molar-refractivity contribution in [3.8, 4) is 0 Å². The first-order chi connectivity index (χ1) is 18.0. The van der Waals surface area contributed by atoms with Crippen molar-refractivity contribution in [3.05, 3.63) is 35.9 Å². The fourth-order valence-electron chi connectivity index (χ4n) is 3.73. The fraction of sp³-hybridized carbons (Fsp3) is 0.577. The van der Waals surface area contributed by atoms with E-state index < -0.39 is 53.8 Å². The molecular formula is C26H42N6O6. The third-order valence-corrected chi connectivity index (χ3v) is 6.31. The average molecular weight is 535 g/mol. The first-order valence-electron chi connectivity index (χ1n) is 12.9. The number of aliphatic carboxylic acids is 1. The van der Waals surface area contributed by atoms with Gasteiger partial charge in [-0.2, -0.15) is 0 Å². The van der Waals surface area contributed by atoms with E-state index in [1.165, 1.54) is 0 Å². The van der Waals surface area contributed by atoms with E-state index in [4.69, 9.17) is 17.2 Å². The minimum atomic E-state index is -1.18. The first-order valence-corrected chi connectivity index (χ1v) is 12.9. The van der Waals surface area contributed by atoms with Crippen molar-refractivity contribution in [1.82, 2.24) is 16.0 Å². The van der Waals surface area contributed by atoms with E-state index in [9.17, 15) is 29.1 Å². The summed E-state index contributed by atoms with van der Waals surface area (Å²) in [7, 11) is 0. The molecule has 0 aliphatic carbocycles. The van der Waals surface area contributed by atoms with E-state index in [0.717, 1.165) is 5.56 Å². The van der Waals surface area contributed by atoms with Crippen molar-refractivity contribution in [3.63, 3.8) is 0 Å². The maximum absolute atomic E-state index is 13.4. The lowest BCUT2D eigenvalue weighted by Crippen LogP contribution is -2.59. The standard InChI is InChI=1S/C26H42N6O6/c1-3-16(2)22(25(36)30-19(26(37)38)11-7-8-14-27)32-24(35)20(15-17-9-5-4-6-10-17)31-23(34)18(28)12-13-21(29)33/h4-6,9-10,16,18-20,22H,3,7-8,11-15,27-28H2,1-2H3,(H2,29,33)(H,30,36)(H,31,34)(H,32,35)(H,37,38). The van der Waals surface area contributed by atoms with Crippen LogP contribution in [0.5, 0.6) is 0 Å². The normalized spacial score (nSPS) is 14.8. The highest BCUT2D eigenvalue weighted by molar-refractivity contribution is 5.94. The van der Waals surface area contributed by atoms with E-state index in [0.29, 0.717) is 25.8 Å². The molecule has 10 N–H and O–H groups in total. The van der Waals surface area contributed by atoms with Gasteiger partial charge in [0.2, 0.25) is 23.6 Å². The smallest absolute Gasteiger partial charge is 0.326 e. The number of primary amides is 1. The molecule has 0 saturated heterocycles. The summed E-state index contributed by atoms with van der Waals surface area (Å²) >= 11 is 0. The SMILES string of the molecule is CCC(C)C(NC(=O)C(Cc1ccccc1)NC(=O)C(N)CCC(N)=O)C(=O)NC(CCCCN)C(=O)O. The van der Waals surface area contributed by atoms with Gasteiger partial charge in [0.05, 0.1) is 6.04 Å². The summed E-state index contributed by atoms with van der Waals surface area (Å²) in [5.74, 6) is -4.00. The monoisotopic (exact) mass is 534 g/mol. The summed E-state index contributed by atoms with van der Waals surface area (Å²) in [6, 6.07) is 4.66. The molecule has 1 aromatic rings. The third kappa shape index (κ3) is 11.7. The predicted molar refractivity (Wildman–Crippen MR) is 142 cm³/mol. The number of rotatable bonds is 18. The number of amides is 4. The van der Waals surface area contributed by atoms with Crippen molar-refractivity contribution in [2.75, 3.05) is 6.54 Å². The molecule has 0 aliphatic rings. The molecule has 0 aliphatic heterocycles. The molecule has 0 spiro atoms. The quantitative estimate of drug-likeness (QED) is 0.122. The van der Waals surface area contributed by atoms with Gasteiger partial charge in [0.1, 0.15) is 18.1 Å². The van der Waals surface area contributed by atoms with Crippen LogP contribution in [0.2, 0.25) is 0 Å². The second kappa shape index (κ2) is 17.1. The highest BCUT2D eigenvalue weighted by Gasteiger charge is 2.32. The van der Waals surface area contributed by atoms with Crippen molar-refractivity contribution in [2.24, 2.45) is 23.1 Å².